The summed E-state index contributed by atoms with van der Waals surface area (Å²) >= 11 is 12.2. The molecule has 0 atom stereocenters. The van der Waals surface area contributed by atoms with Crippen molar-refractivity contribution in [2.75, 3.05) is 14.1 Å². The minimum atomic E-state index is -0.145. The van der Waals surface area contributed by atoms with Crippen LogP contribution in [-0.2, 0) is 6.42 Å². The molecule has 1 heterocycles. The highest BCUT2D eigenvalue weighted by Gasteiger charge is 2.04. The van der Waals surface area contributed by atoms with Crippen molar-refractivity contribution in [3.05, 3.63) is 54.2 Å². The molecule has 0 unspecified atom stereocenters. The molecular weight excluding hydrogens is 309 g/mol. The van der Waals surface area contributed by atoms with Crippen LogP contribution in [0.1, 0.15) is 11.1 Å². The molecule has 0 fully saturated rings. The summed E-state index contributed by atoms with van der Waals surface area (Å²) in [7, 11) is 3.74. The summed E-state index contributed by atoms with van der Waals surface area (Å²) in [6.07, 6.45) is 4.32. The first-order valence-electron chi connectivity index (χ1n) is 6.48. The zero-order valence-electron chi connectivity index (χ0n) is 12.1. The van der Waals surface area contributed by atoms with Crippen molar-refractivity contribution in [3.8, 4) is 0 Å². The number of rotatable bonds is 3. The quantitative estimate of drug-likeness (QED) is 0.901. The van der Waals surface area contributed by atoms with E-state index in [-0.39, 0.29) is 5.56 Å². The number of halogens is 2. The second-order valence-electron chi connectivity index (χ2n) is 5.10. The summed E-state index contributed by atoms with van der Waals surface area (Å²) in [6.45, 7) is 1.94. The fourth-order valence-electron chi connectivity index (χ4n) is 2.01. The van der Waals surface area contributed by atoms with Gasteiger partial charge in [0.25, 0.3) is 5.56 Å². The van der Waals surface area contributed by atoms with E-state index in [4.69, 9.17) is 23.2 Å². The Morgan fingerprint density at radius 2 is 1.90 bits per heavy atom. The van der Waals surface area contributed by atoms with Gasteiger partial charge in [-0.15, -0.1) is 0 Å². The van der Waals surface area contributed by atoms with Gasteiger partial charge in [-0.3, -0.25) is 15.0 Å². The van der Waals surface area contributed by atoms with Crippen molar-refractivity contribution in [1.29, 1.82) is 0 Å². The largest absolute Gasteiger partial charge is 0.383 e. The Bertz CT molecular complexity index is 818. The molecule has 4 nitrogen and oxygen atoms in total. The van der Waals surface area contributed by atoms with Gasteiger partial charge in [0.1, 0.15) is 0 Å². The standard InChI is InChI=1S/C15H17Cl2N3O/c1-9-6-10(13(17)7-12(9)16)4-5-14-11(8-20(2)3)15(21)19-18-14/h5-8,18H,4H2,1-3H3,(H,19,21)/b11-8?,14-5-. The Hall–Kier alpha value is -1.65. The van der Waals surface area contributed by atoms with E-state index in [0.717, 1.165) is 16.5 Å². The first kappa shape index (κ1) is 15.7. The normalized spacial score (nSPS) is 13.0. The molecule has 2 aromatic rings. The zero-order valence-corrected chi connectivity index (χ0v) is 13.6. The Balaban J connectivity index is 2.44. The second-order valence-corrected chi connectivity index (χ2v) is 5.91. The van der Waals surface area contributed by atoms with Crippen molar-refractivity contribution in [1.82, 2.24) is 15.1 Å². The number of nitrogens with one attached hydrogen (secondary N) is 2. The van der Waals surface area contributed by atoms with Crippen molar-refractivity contribution >= 4 is 35.5 Å². The molecular formula is C15H17Cl2N3O. The Kier molecular flexibility index (Phi) is 4.80. The summed E-state index contributed by atoms with van der Waals surface area (Å²) < 4.78 is 0. The summed E-state index contributed by atoms with van der Waals surface area (Å²) in [6, 6.07) is 3.70. The van der Waals surface area contributed by atoms with Crippen LogP contribution in [0.3, 0.4) is 0 Å². The van der Waals surface area contributed by atoms with E-state index < -0.39 is 0 Å². The lowest BCUT2D eigenvalue weighted by molar-refractivity contribution is 0.613. The lowest BCUT2D eigenvalue weighted by atomic mass is 10.1. The highest BCUT2D eigenvalue weighted by molar-refractivity contribution is 6.35. The molecule has 0 saturated heterocycles. The molecule has 6 heteroatoms. The number of nitrogens with zero attached hydrogens (tertiary/aromatic N) is 1. The van der Waals surface area contributed by atoms with Crippen LogP contribution in [0.25, 0.3) is 12.3 Å². The van der Waals surface area contributed by atoms with E-state index in [9.17, 15) is 4.79 Å². The zero-order chi connectivity index (χ0) is 15.6. The molecule has 1 aromatic carbocycles. The van der Waals surface area contributed by atoms with Gasteiger partial charge in [-0.1, -0.05) is 35.3 Å². The van der Waals surface area contributed by atoms with Crippen LogP contribution in [0.5, 0.6) is 0 Å². The maximum absolute atomic E-state index is 11.7. The van der Waals surface area contributed by atoms with Crippen LogP contribution < -0.4 is 16.1 Å². The molecule has 112 valence electrons. The topological polar surface area (TPSA) is 51.9 Å². The number of aromatic nitrogens is 2. The number of H-pyrrole nitrogens is 2. The van der Waals surface area contributed by atoms with Crippen molar-refractivity contribution in [2.45, 2.75) is 13.3 Å². The predicted molar refractivity (Wildman–Crippen MR) is 88.2 cm³/mol. The SMILES string of the molecule is Cc1cc(C/C=c2\[nH][nH]c(=O)c2=CN(C)C)c(Cl)cc1Cl. The summed E-state index contributed by atoms with van der Waals surface area (Å²) in [5, 5.41) is 8.09. The van der Waals surface area contributed by atoms with Gasteiger partial charge in [0.2, 0.25) is 0 Å². The molecule has 0 radical (unpaired) electrons. The van der Waals surface area contributed by atoms with E-state index in [1.165, 1.54) is 0 Å². The van der Waals surface area contributed by atoms with Crippen LogP contribution in [0.15, 0.2) is 16.9 Å². The number of aryl methyl sites for hydroxylation is 1. The van der Waals surface area contributed by atoms with Gasteiger partial charge >= 0.3 is 0 Å². The van der Waals surface area contributed by atoms with Crippen LogP contribution >= 0.6 is 23.2 Å². The van der Waals surface area contributed by atoms with Gasteiger partial charge in [0.05, 0.1) is 10.6 Å². The number of hydrogen-bond donors (Lipinski definition) is 2. The molecule has 0 aliphatic heterocycles. The van der Waals surface area contributed by atoms with Gasteiger partial charge in [-0.25, -0.2) is 0 Å². The van der Waals surface area contributed by atoms with Gasteiger partial charge in [0, 0.05) is 30.3 Å². The lowest BCUT2D eigenvalue weighted by Crippen LogP contribution is -2.35. The van der Waals surface area contributed by atoms with E-state index in [2.05, 4.69) is 10.2 Å². The molecule has 2 rings (SSSR count). The van der Waals surface area contributed by atoms with Crippen molar-refractivity contribution in [3.63, 3.8) is 0 Å². The first-order valence-corrected chi connectivity index (χ1v) is 7.23. The lowest BCUT2D eigenvalue weighted by Gasteiger charge is -2.04. The molecule has 0 aliphatic carbocycles. The van der Waals surface area contributed by atoms with E-state index in [1.807, 2.05) is 38.1 Å². The third-order valence-electron chi connectivity index (χ3n) is 3.09. The Labute approximate surface area is 132 Å². The molecule has 0 bridgehead atoms. The van der Waals surface area contributed by atoms with Gasteiger partial charge < -0.3 is 4.90 Å². The Morgan fingerprint density at radius 1 is 1.19 bits per heavy atom. The highest BCUT2D eigenvalue weighted by atomic mass is 35.5. The average molecular weight is 326 g/mol. The molecule has 21 heavy (non-hydrogen) atoms. The smallest absolute Gasteiger partial charge is 0.273 e. The van der Waals surface area contributed by atoms with Crippen LogP contribution in [0.4, 0.5) is 0 Å². The van der Waals surface area contributed by atoms with Crippen LogP contribution in [-0.4, -0.2) is 29.2 Å². The molecule has 0 spiro atoms. The number of benzene rings is 1. The monoisotopic (exact) mass is 325 g/mol. The van der Waals surface area contributed by atoms with E-state index >= 15 is 0 Å². The first-order chi connectivity index (χ1) is 9.88. The Morgan fingerprint density at radius 3 is 2.57 bits per heavy atom. The molecule has 1 aromatic heterocycles. The minimum absolute atomic E-state index is 0.145. The number of aromatic amines is 2. The maximum Gasteiger partial charge on any atom is 0.273 e. The van der Waals surface area contributed by atoms with Gasteiger partial charge in [-0.05, 0) is 30.5 Å². The minimum Gasteiger partial charge on any atom is -0.383 e. The molecule has 0 saturated carbocycles. The molecule has 0 aliphatic rings. The fourth-order valence-corrected chi connectivity index (χ4v) is 2.47. The van der Waals surface area contributed by atoms with E-state index in [0.29, 0.717) is 21.7 Å². The maximum atomic E-state index is 11.7. The van der Waals surface area contributed by atoms with Gasteiger partial charge in [-0.2, -0.15) is 0 Å². The average Bonchev–Trinajstić information content (AvgIpc) is 2.73. The molecule has 0 amide bonds. The van der Waals surface area contributed by atoms with Crippen LogP contribution in [0.2, 0.25) is 10.0 Å². The third-order valence-corrected chi connectivity index (χ3v) is 3.85. The van der Waals surface area contributed by atoms with E-state index in [1.54, 1.807) is 12.3 Å². The second kappa shape index (κ2) is 6.41. The van der Waals surface area contributed by atoms with Crippen molar-refractivity contribution < 1.29 is 0 Å². The van der Waals surface area contributed by atoms with Crippen LogP contribution in [0, 0.1) is 6.92 Å². The summed E-state index contributed by atoms with van der Waals surface area (Å²) in [5.74, 6) is 0. The van der Waals surface area contributed by atoms with Crippen molar-refractivity contribution in [2.24, 2.45) is 0 Å². The summed E-state index contributed by atoms with van der Waals surface area (Å²) in [4.78, 5) is 13.6. The molecule has 2 N–H and O–H groups in total. The third kappa shape index (κ3) is 3.71. The number of hydrogen-bond acceptors (Lipinski definition) is 2. The fraction of sp³-hybridized carbons (Fsp3) is 0.267. The van der Waals surface area contributed by atoms with Gasteiger partial charge in [0.15, 0.2) is 0 Å². The predicted octanol–water partition coefficient (Wildman–Crippen LogP) is 1.64. The highest BCUT2D eigenvalue weighted by Crippen LogP contribution is 2.25. The summed E-state index contributed by atoms with van der Waals surface area (Å²) in [5.41, 5.74) is 1.80.